The normalized spacial score (nSPS) is 12.9. The average Bonchev–Trinajstić information content (AvgIpc) is 2.85. The Bertz CT molecular complexity index is 936. The first-order valence-corrected chi connectivity index (χ1v) is 8.82. The van der Waals surface area contributed by atoms with Crippen LogP contribution in [0, 0.1) is 11.6 Å². The van der Waals surface area contributed by atoms with Gasteiger partial charge in [-0.3, -0.25) is 14.5 Å². The number of nitrogens with zero attached hydrogens (tertiary/aromatic N) is 1. The van der Waals surface area contributed by atoms with Gasteiger partial charge < -0.3 is 10.6 Å². The fourth-order valence-corrected chi connectivity index (χ4v) is 3.03. The van der Waals surface area contributed by atoms with E-state index in [1.54, 1.807) is 18.2 Å². The molecule has 0 atom stereocenters. The lowest BCUT2D eigenvalue weighted by Crippen LogP contribution is -2.35. The Morgan fingerprint density at radius 3 is 2.56 bits per heavy atom. The van der Waals surface area contributed by atoms with Crippen molar-refractivity contribution in [2.24, 2.45) is 0 Å². The summed E-state index contributed by atoms with van der Waals surface area (Å²) in [5, 5.41) is 4.67. The summed E-state index contributed by atoms with van der Waals surface area (Å²) in [5.41, 5.74) is 0.399. The van der Waals surface area contributed by atoms with Gasteiger partial charge in [-0.15, -0.1) is 0 Å². The number of urea groups is 1. The van der Waals surface area contributed by atoms with Crippen molar-refractivity contribution in [3.05, 3.63) is 63.6 Å². The minimum Gasteiger partial charge on any atom is -0.338 e. The molecule has 0 spiro atoms. The number of anilines is 1. The van der Waals surface area contributed by atoms with E-state index in [2.05, 4.69) is 26.6 Å². The zero-order chi connectivity index (χ0) is 19.6. The molecule has 0 bridgehead atoms. The van der Waals surface area contributed by atoms with Crippen molar-refractivity contribution in [2.75, 3.05) is 18.4 Å². The molecule has 2 aromatic carbocycles. The van der Waals surface area contributed by atoms with Crippen LogP contribution in [0.5, 0.6) is 0 Å². The Hall–Kier alpha value is -2.81. The van der Waals surface area contributed by atoms with Crippen LogP contribution in [-0.2, 0) is 0 Å². The molecule has 0 unspecified atom stereocenters. The van der Waals surface area contributed by atoms with E-state index in [4.69, 9.17) is 0 Å². The second-order valence-corrected chi connectivity index (χ2v) is 6.73. The van der Waals surface area contributed by atoms with E-state index >= 15 is 0 Å². The fraction of sp³-hybridized carbons (Fsp3) is 0.167. The van der Waals surface area contributed by atoms with E-state index in [9.17, 15) is 23.2 Å². The van der Waals surface area contributed by atoms with Gasteiger partial charge in [-0.1, -0.05) is 15.9 Å². The Labute approximate surface area is 161 Å². The number of fused-ring (bicyclic) bond motifs is 1. The standard InChI is InChI=1S/C18H14BrF2N3O3/c19-10-2-4-12-13(8-10)17(26)24(16(12)25)7-1-6-22-18(27)23-15-9-11(20)3-5-14(15)21/h2-5,8-9H,1,6-7H2,(H2,22,23,27). The van der Waals surface area contributed by atoms with Gasteiger partial charge in [-0.05, 0) is 36.8 Å². The third kappa shape index (κ3) is 4.13. The Morgan fingerprint density at radius 2 is 1.78 bits per heavy atom. The first-order valence-electron chi connectivity index (χ1n) is 8.02. The van der Waals surface area contributed by atoms with Gasteiger partial charge in [-0.25, -0.2) is 13.6 Å². The van der Waals surface area contributed by atoms with E-state index < -0.39 is 17.7 Å². The molecule has 0 aromatic heterocycles. The topological polar surface area (TPSA) is 78.5 Å². The average molecular weight is 438 g/mol. The van der Waals surface area contributed by atoms with Crippen molar-refractivity contribution in [1.29, 1.82) is 0 Å². The molecule has 0 radical (unpaired) electrons. The quantitative estimate of drug-likeness (QED) is 0.554. The zero-order valence-corrected chi connectivity index (χ0v) is 15.5. The van der Waals surface area contributed by atoms with Gasteiger partial charge in [0, 0.05) is 23.6 Å². The SMILES string of the molecule is O=C(NCCCN1C(=O)c2ccc(Br)cc2C1=O)Nc1cc(F)ccc1F. The summed E-state index contributed by atoms with van der Waals surface area (Å²) in [6, 6.07) is 6.86. The first kappa shape index (κ1) is 19.0. The van der Waals surface area contributed by atoms with Crippen LogP contribution >= 0.6 is 15.9 Å². The number of carbonyl (C=O) groups is 3. The number of nitrogens with one attached hydrogen (secondary N) is 2. The molecular formula is C18H14BrF2N3O3. The highest BCUT2D eigenvalue weighted by atomic mass is 79.9. The minimum atomic E-state index is -0.760. The van der Waals surface area contributed by atoms with Crippen molar-refractivity contribution in [3.63, 3.8) is 0 Å². The van der Waals surface area contributed by atoms with E-state index in [1.165, 1.54) is 0 Å². The molecule has 1 aliphatic rings. The van der Waals surface area contributed by atoms with E-state index in [-0.39, 0.29) is 30.6 Å². The zero-order valence-electron chi connectivity index (χ0n) is 13.9. The summed E-state index contributed by atoms with van der Waals surface area (Å²) in [6.45, 7) is 0.262. The van der Waals surface area contributed by atoms with Crippen molar-refractivity contribution >= 4 is 39.5 Å². The smallest absolute Gasteiger partial charge is 0.319 e. The molecule has 0 saturated carbocycles. The molecular weight excluding hydrogens is 424 g/mol. The van der Waals surface area contributed by atoms with Crippen LogP contribution in [0.3, 0.4) is 0 Å². The van der Waals surface area contributed by atoms with E-state index in [0.717, 1.165) is 23.1 Å². The molecule has 140 valence electrons. The lowest BCUT2D eigenvalue weighted by atomic mass is 10.1. The largest absolute Gasteiger partial charge is 0.338 e. The molecule has 27 heavy (non-hydrogen) atoms. The van der Waals surface area contributed by atoms with Gasteiger partial charge in [0.05, 0.1) is 16.8 Å². The van der Waals surface area contributed by atoms with E-state index in [1.807, 2.05) is 0 Å². The van der Waals surface area contributed by atoms with Gasteiger partial charge in [0.25, 0.3) is 11.8 Å². The highest BCUT2D eigenvalue weighted by Gasteiger charge is 2.34. The van der Waals surface area contributed by atoms with Gasteiger partial charge in [0.2, 0.25) is 0 Å². The molecule has 1 aliphatic heterocycles. The number of hydrogen-bond acceptors (Lipinski definition) is 3. The maximum atomic E-state index is 13.5. The van der Waals surface area contributed by atoms with Crippen LogP contribution in [-0.4, -0.2) is 35.8 Å². The fourth-order valence-electron chi connectivity index (χ4n) is 2.66. The van der Waals surface area contributed by atoms with Crippen molar-refractivity contribution in [2.45, 2.75) is 6.42 Å². The molecule has 2 N–H and O–H groups in total. The van der Waals surface area contributed by atoms with Crippen molar-refractivity contribution in [1.82, 2.24) is 10.2 Å². The monoisotopic (exact) mass is 437 g/mol. The van der Waals surface area contributed by atoms with Crippen LogP contribution in [0.2, 0.25) is 0 Å². The molecule has 2 aromatic rings. The predicted molar refractivity (Wildman–Crippen MR) is 97.5 cm³/mol. The van der Waals surface area contributed by atoms with Crippen molar-refractivity contribution in [3.8, 4) is 0 Å². The Kier molecular flexibility index (Phi) is 5.50. The number of hydrogen-bond donors (Lipinski definition) is 2. The summed E-state index contributed by atoms with van der Waals surface area (Å²) in [6.07, 6.45) is 0.311. The second-order valence-electron chi connectivity index (χ2n) is 5.81. The lowest BCUT2D eigenvalue weighted by Gasteiger charge is -2.14. The summed E-state index contributed by atoms with van der Waals surface area (Å²) in [7, 11) is 0. The number of halogens is 3. The number of imide groups is 1. The van der Waals surface area contributed by atoms with Gasteiger partial charge >= 0.3 is 6.03 Å². The Morgan fingerprint density at radius 1 is 1.04 bits per heavy atom. The molecule has 6 nitrogen and oxygen atoms in total. The maximum absolute atomic E-state index is 13.5. The van der Waals surface area contributed by atoms with Crippen molar-refractivity contribution < 1.29 is 23.2 Å². The second kappa shape index (κ2) is 7.83. The molecule has 0 fully saturated rings. The van der Waals surface area contributed by atoms with Gasteiger partial charge in [-0.2, -0.15) is 0 Å². The highest BCUT2D eigenvalue weighted by Crippen LogP contribution is 2.26. The predicted octanol–water partition coefficient (Wildman–Crippen LogP) is 3.54. The molecule has 9 heteroatoms. The Balaban J connectivity index is 1.49. The summed E-state index contributed by atoms with van der Waals surface area (Å²) in [4.78, 5) is 37.4. The lowest BCUT2D eigenvalue weighted by molar-refractivity contribution is 0.0653. The molecule has 4 amide bonds. The highest BCUT2D eigenvalue weighted by molar-refractivity contribution is 9.10. The first-order chi connectivity index (χ1) is 12.9. The molecule has 0 saturated heterocycles. The number of carbonyl (C=O) groups excluding carboxylic acids is 3. The van der Waals surface area contributed by atoms with Crippen LogP contribution in [0.15, 0.2) is 40.9 Å². The van der Waals surface area contributed by atoms with Gasteiger partial charge in [0.15, 0.2) is 0 Å². The number of benzene rings is 2. The summed E-state index contributed by atoms with van der Waals surface area (Å²) >= 11 is 3.26. The van der Waals surface area contributed by atoms with Crippen LogP contribution in [0.25, 0.3) is 0 Å². The summed E-state index contributed by atoms with van der Waals surface area (Å²) < 4.78 is 27.3. The van der Waals surface area contributed by atoms with Crippen LogP contribution in [0.4, 0.5) is 19.3 Å². The van der Waals surface area contributed by atoms with E-state index in [0.29, 0.717) is 22.0 Å². The molecule has 0 aliphatic carbocycles. The van der Waals surface area contributed by atoms with Crippen LogP contribution < -0.4 is 10.6 Å². The molecule has 3 rings (SSSR count). The number of rotatable bonds is 5. The van der Waals surface area contributed by atoms with Gasteiger partial charge in [0.1, 0.15) is 11.6 Å². The molecule has 1 heterocycles. The minimum absolute atomic E-state index is 0.124. The third-order valence-corrected chi connectivity index (χ3v) is 4.45. The number of amides is 4. The summed E-state index contributed by atoms with van der Waals surface area (Å²) in [5.74, 6) is -2.20. The third-order valence-electron chi connectivity index (χ3n) is 3.95. The van der Waals surface area contributed by atoms with Crippen LogP contribution in [0.1, 0.15) is 27.1 Å². The maximum Gasteiger partial charge on any atom is 0.319 e.